The second-order valence-electron chi connectivity index (χ2n) is 4.98. The fourth-order valence-electron chi connectivity index (χ4n) is 2.28. The molecule has 1 heterocycles. The third-order valence-corrected chi connectivity index (χ3v) is 3.97. The quantitative estimate of drug-likeness (QED) is 0.493. The second kappa shape index (κ2) is 7.43. The number of nitrogens with zero attached hydrogens (tertiary/aromatic N) is 3. The van der Waals surface area contributed by atoms with Gasteiger partial charge in [0.2, 0.25) is 0 Å². The Hall–Kier alpha value is -2.43. The van der Waals surface area contributed by atoms with E-state index in [4.69, 9.17) is 23.2 Å². The fourth-order valence-corrected chi connectivity index (χ4v) is 2.63. The summed E-state index contributed by atoms with van der Waals surface area (Å²) >= 11 is 12.3. The number of hydrazone groups is 1. The standard InChI is InChI=1S/C18H14Cl2N4/c1-2-21-22-17-11-15(12-7-9-13(19)10-8-12)18(24-23-17)14-5-3-4-6-16(14)20/h2-11H,1H3,(H,22,23)/b21-2+. The Morgan fingerprint density at radius 3 is 2.42 bits per heavy atom. The summed E-state index contributed by atoms with van der Waals surface area (Å²) in [6, 6.07) is 17.0. The SMILES string of the molecule is C/C=N/Nc1cc(-c2ccc(Cl)cc2)c(-c2ccccc2Cl)nn1. The first-order valence-corrected chi connectivity index (χ1v) is 8.07. The summed E-state index contributed by atoms with van der Waals surface area (Å²) in [5, 5.41) is 13.8. The van der Waals surface area contributed by atoms with Crippen molar-refractivity contribution in [2.45, 2.75) is 6.92 Å². The van der Waals surface area contributed by atoms with Crippen molar-refractivity contribution in [3.05, 3.63) is 64.6 Å². The number of hydrogen-bond acceptors (Lipinski definition) is 4. The number of anilines is 1. The number of nitrogens with one attached hydrogen (secondary N) is 1. The van der Waals surface area contributed by atoms with Gasteiger partial charge in [0, 0.05) is 22.4 Å². The van der Waals surface area contributed by atoms with Gasteiger partial charge in [-0.2, -0.15) is 5.10 Å². The van der Waals surface area contributed by atoms with E-state index in [-0.39, 0.29) is 0 Å². The maximum atomic E-state index is 6.34. The molecule has 0 spiro atoms. The predicted octanol–water partition coefficient (Wildman–Crippen LogP) is 5.54. The fraction of sp³-hybridized carbons (Fsp3) is 0.0556. The molecule has 0 aliphatic rings. The van der Waals surface area contributed by atoms with Crippen molar-refractivity contribution in [2.75, 3.05) is 5.43 Å². The summed E-state index contributed by atoms with van der Waals surface area (Å²) in [5.74, 6) is 0.550. The third kappa shape index (κ3) is 3.55. The van der Waals surface area contributed by atoms with Gasteiger partial charge in [0.15, 0.2) is 5.82 Å². The molecule has 0 amide bonds. The largest absolute Gasteiger partial charge is 0.260 e. The minimum Gasteiger partial charge on any atom is -0.260 e. The molecule has 0 bridgehead atoms. The molecular formula is C18H14Cl2N4. The summed E-state index contributed by atoms with van der Waals surface area (Å²) < 4.78 is 0. The minimum absolute atomic E-state index is 0.550. The lowest BCUT2D eigenvalue weighted by Crippen LogP contribution is -1.99. The van der Waals surface area contributed by atoms with Crippen LogP contribution < -0.4 is 5.43 Å². The van der Waals surface area contributed by atoms with Crippen LogP contribution in [0.25, 0.3) is 22.4 Å². The van der Waals surface area contributed by atoms with Crippen molar-refractivity contribution in [3.8, 4) is 22.4 Å². The molecule has 24 heavy (non-hydrogen) atoms. The Bertz CT molecular complexity index is 876. The van der Waals surface area contributed by atoms with Crippen LogP contribution in [0.2, 0.25) is 10.0 Å². The highest BCUT2D eigenvalue weighted by molar-refractivity contribution is 6.33. The van der Waals surface area contributed by atoms with Gasteiger partial charge in [-0.05, 0) is 36.8 Å². The molecule has 0 aliphatic carbocycles. The van der Waals surface area contributed by atoms with E-state index in [1.54, 1.807) is 6.21 Å². The Morgan fingerprint density at radius 2 is 1.71 bits per heavy atom. The molecule has 3 aromatic rings. The lowest BCUT2D eigenvalue weighted by atomic mass is 10.00. The van der Waals surface area contributed by atoms with E-state index in [1.165, 1.54) is 0 Å². The van der Waals surface area contributed by atoms with Crippen molar-refractivity contribution >= 4 is 35.2 Å². The second-order valence-corrected chi connectivity index (χ2v) is 5.82. The summed E-state index contributed by atoms with van der Waals surface area (Å²) in [4.78, 5) is 0. The molecule has 0 aliphatic heterocycles. The molecule has 1 N–H and O–H groups in total. The molecule has 0 saturated heterocycles. The summed E-state index contributed by atoms with van der Waals surface area (Å²) in [6.45, 7) is 1.82. The van der Waals surface area contributed by atoms with Gasteiger partial charge in [-0.1, -0.05) is 53.5 Å². The van der Waals surface area contributed by atoms with Crippen molar-refractivity contribution < 1.29 is 0 Å². The maximum absolute atomic E-state index is 6.34. The van der Waals surface area contributed by atoms with Gasteiger partial charge in [0.25, 0.3) is 0 Å². The lowest BCUT2D eigenvalue weighted by Gasteiger charge is -2.11. The number of halogens is 2. The average molecular weight is 357 g/mol. The van der Waals surface area contributed by atoms with E-state index in [0.29, 0.717) is 21.6 Å². The molecule has 2 aromatic carbocycles. The summed E-state index contributed by atoms with van der Waals surface area (Å²) in [5.41, 5.74) is 6.23. The van der Waals surface area contributed by atoms with Crippen molar-refractivity contribution in [1.82, 2.24) is 10.2 Å². The van der Waals surface area contributed by atoms with Crippen LogP contribution in [0.3, 0.4) is 0 Å². The van der Waals surface area contributed by atoms with Crippen LogP contribution in [-0.2, 0) is 0 Å². The van der Waals surface area contributed by atoms with Crippen LogP contribution in [0.4, 0.5) is 5.82 Å². The van der Waals surface area contributed by atoms with E-state index in [2.05, 4.69) is 20.7 Å². The van der Waals surface area contributed by atoms with E-state index in [0.717, 1.165) is 16.7 Å². The first-order valence-electron chi connectivity index (χ1n) is 7.31. The Morgan fingerprint density at radius 1 is 0.958 bits per heavy atom. The van der Waals surface area contributed by atoms with E-state index in [1.807, 2.05) is 61.5 Å². The van der Waals surface area contributed by atoms with Crippen LogP contribution in [-0.4, -0.2) is 16.4 Å². The number of rotatable bonds is 4. The molecule has 6 heteroatoms. The highest BCUT2D eigenvalue weighted by Gasteiger charge is 2.14. The zero-order chi connectivity index (χ0) is 16.9. The van der Waals surface area contributed by atoms with E-state index >= 15 is 0 Å². The van der Waals surface area contributed by atoms with Gasteiger partial charge in [-0.15, -0.1) is 10.2 Å². The summed E-state index contributed by atoms with van der Waals surface area (Å²) in [6.07, 6.45) is 1.64. The highest BCUT2D eigenvalue weighted by atomic mass is 35.5. The topological polar surface area (TPSA) is 50.2 Å². The molecule has 120 valence electrons. The average Bonchev–Trinajstić information content (AvgIpc) is 2.61. The first-order chi connectivity index (χ1) is 11.7. The van der Waals surface area contributed by atoms with Gasteiger partial charge >= 0.3 is 0 Å². The molecule has 0 fully saturated rings. The Kier molecular flexibility index (Phi) is 5.08. The van der Waals surface area contributed by atoms with E-state index < -0.39 is 0 Å². The van der Waals surface area contributed by atoms with Gasteiger partial charge in [0.05, 0.1) is 5.02 Å². The molecule has 0 unspecified atom stereocenters. The maximum Gasteiger partial charge on any atom is 0.169 e. The number of aromatic nitrogens is 2. The molecular weight excluding hydrogens is 343 g/mol. The van der Waals surface area contributed by atoms with Crippen LogP contribution in [0.15, 0.2) is 59.7 Å². The molecule has 0 radical (unpaired) electrons. The molecule has 0 saturated carbocycles. The van der Waals surface area contributed by atoms with Gasteiger partial charge in [0.1, 0.15) is 5.69 Å². The summed E-state index contributed by atoms with van der Waals surface area (Å²) in [7, 11) is 0. The molecule has 3 rings (SSSR count). The minimum atomic E-state index is 0.550. The van der Waals surface area contributed by atoms with Crippen LogP contribution in [0, 0.1) is 0 Å². The lowest BCUT2D eigenvalue weighted by molar-refractivity contribution is 1.03. The third-order valence-electron chi connectivity index (χ3n) is 3.39. The monoisotopic (exact) mass is 356 g/mol. The highest BCUT2D eigenvalue weighted by Crippen LogP contribution is 2.35. The Balaban J connectivity index is 2.17. The van der Waals surface area contributed by atoms with Crippen LogP contribution >= 0.6 is 23.2 Å². The van der Waals surface area contributed by atoms with Crippen molar-refractivity contribution in [3.63, 3.8) is 0 Å². The smallest absolute Gasteiger partial charge is 0.169 e. The zero-order valence-corrected chi connectivity index (χ0v) is 14.4. The van der Waals surface area contributed by atoms with Crippen LogP contribution in [0.1, 0.15) is 6.92 Å². The first kappa shape index (κ1) is 16.4. The predicted molar refractivity (Wildman–Crippen MR) is 101 cm³/mol. The van der Waals surface area contributed by atoms with Crippen LogP contribution in [0.5, 0.6) is 0 Å². The van der Waals surface area contributed by atoms with Gasteiger partial charge < -0.3 is 0 Å². The van der Waals surface area contributed by atoms with Gasteiger partial charge in [-0.3, -0.25) is 5.43 Å². The van der Waals surface area contributed by atoms with Crippen molar-refractivity contribution in [2.24, 2.45) is 5.10 Å². The number of benzene rings is 2. The Labute approximate surface area is 150 Å². The van der Waals surface area contributed by atoms with Gasteiger partial charge in [-0.25, -0.2) is 0 Å². The van der Waals surface area contributed by atoms with E-state index in [9.17, 15) is 0 Å². The number of hydrogen-bond donors (Lipinski definition) is 1. The van der Waals surface area contributed by atoms with Crippen molar-refractivity contribution in [1.29, 1.82) is 0 Å². The molecule has 4 nitrogen and oxygen atoms in total. The molecule has 0 atom stereocenters. The zero-order valence-electron chi connectivity index (χ0n) is 12.9. The molecule has 1 aromatic heterocycles. The normalized spacial score (nSPS) is 11.0.